The summed E-state index contributed by atoms with van der Waals surface area (Å²) in [6, 6.07) is 12.5. The second-order valence-corrected chi connectivity index (χ2v) is 14.2. The molecule has 4 fully saturated rings. The van der Waals surface area contributed by atoms with Gasteiger partial charge in [0.05, 0.1) is 47.2 Å². The molecule has 1 unspecified atom stereocenters. The fraction of sp³-hybridized carbons (Fsp3) is 0.515. The number of sulfone groups is 1. The van der Waals surface area contributed by atoms with E-state index in [2.05, 4.69) is 27.4 Å². The van der Waals surface area contributed by atoms with Gasteiger partial charge in [0.1, 0.15) is 12.3 Å². The average Bonchev–Trinajstić information content (AvgIpc) is 3.32. The largest absolute Gasteiger partial charge is 0.492 e. The Morgan fingerprint density at radius 1 is 1.04 bits per heavy atom. The summed E-state index contributed by atoms with van der Waals surface area (Å²) < 4.78 is 77.6. The summed E-state index contributed by atoms with van der Waals surface area (Å²) in [7, 11) is -3.42. The van der Waals surface area contributed by atoms with E-state index in [-0.39, 0.29) is 23.2 Å². The highest BCUT2D eigenvalue weighted by molar-refractivity contribution is 7.90. The van der Waals surface area contributed by atoms with Crippen molar-refractivity contribution in [1.82, 2.24) is 9.47 Å². The number of alkyl halides is 3. The zero-order chi connectivity index (χ0) is 31.8. The number of ether oxygens (including phenoxy) is 2. The van der Waals surface area contributed by atoms with Gasteiger partial charge in [0, 0.05) is 55.0 Å². The molecule has 45 heavy (non-hydrogen) atoms. The van der Waals surface area contributed by atoms with Gasteiger partial charge in [-0.1, -0.05) is 12.0 Å². The van der Waals surface area contributed by atoms with E-state index >= 15 is 0 Å². The molecule has 2 aromatic carbocycles. The molecule has 8 nitrogen and oxygen atoms in total. The highest BCUT2D eigenvalue weighted by atomic mass is 32.2. The maximum atomic E-state index is 13.7. The monoisotopic (exact) mass is 644 g/mol. The molecule has 12 heteroatoms. The molecule has 0 spiro atoms. The minimum absolute atomic E-state index is 0.116. The molecule has 3 saturated heterocycles. The van der Waals surface area contributed by atoms with Crippen LogP contribution < -0.4 is 15.4 Å². The van der Waals surface area contributed by atoms with E-state index in [4.69, 9.17) is 9.47 Å². The Morgan fingerprint density at radius 2 is 1.78 bits per heavy atom. The molecule has 0 radical (unpaired) electrons. The van der Waals surface area contributed by atoms with Gasteiger partial charge in [-0.25, -0.2) is 8.42 Å². The van der Waals surface area contributed by atoms with Crippen LogP contribution in [0.3, 0.4) is 0 Å². The lowest BCUT2D eigenvalue weighted by molar-refractivity contribution is -0.189. The van der Waals surface area contributed by atoms with Crippen LogP contribution in [0.5, 0.6) is 5.75 Å². The molecule has 2 N–H and O–H groups in total. The minimum Gasteiger partial charge on any atom is -0.492 e. The molecule has 4 aliphatic rings. The van der Waals surface area contributed by atoms with Crippen LogP contribution in [-0.4, -0.2) is 80.8 Å². The molecule has 1 saturated carbocycles. The van der Waals surface area contributed by atoms with E-state index in [1.165, 1.54) is 23.1 Å². The smallest absolute Gasteiger partial charge is 0.406 e. The Balaban J connectivity index is 1.17. The Hall–Kier alpha value is -3.40. The summed E-state index contributed by atoms with van der Waals surface area (Å²) in [4.78, 5) is 2.71. The summed E-state index contributed by atoms with van der Waals surface area (Å²) in [6.45, 7) is 3.13. The van der Waals surface area contributed by atoms with Gasteiger partial charge in [-0.2, -0.15) is 13.2 Å². The van der Waals surface area contributed by atoms with Gasteiger partial charge in [-0.3, -0.25) is 4.90 Å². The van der Waals surface area contributed by atoms with E-state index < -0.39 is 22.6 Å². The lowest BCUT2D eigenvalue weighted by atomic mass is 9.87. The number of nitrogens with zero attached hydrogens (tertiary/aromatic N) is 2. The first kappa shape index (κ1) is 31.6. The third kappa shape index (κ3) is 7.37. The van der Waals surface area contributed by atoms with Crippen molar-refractivity contribution < 1.29 is 31.1 Å². The maximum Gasteiger partial charge on any atom is 0.406 e. The van der Waals surface area contributed by atoms with Gasteiger partial charge < -0.3 is 24.7 Å². The number of benzene rings is 2. The molecular formula is C33H39F3N4O4S. The topological polar surface area (TPSA) is 84.8 Å². The second-order valence-electron chi connectivity index (χ2n) is 12.2. The Labute approximate surface area is 262 Å². The standard InChI is InChI=1S/C33H39F3N4O4S/c1-3-43-32-18-27(45(2,41)42)13-14-30(32)37-15-5-6-24-16-28-29(7-4-8-31(28)40(24)21-33(34,35)36)38-22-9-11-23(12-10-22)39-19-25-17-26(20-39)44-25/h4,7-8,13-14,16,18,22-23,25-26,37-38H,3,9-12,15,17,19-21H2,1-2H3/t22?,23?,25-,26?/m0/s1. The van der Waals surface area contributed by atoms with Gasteiger partial charge in [0.15, 0.2) is 9.84 Å². The fourth-order valence-corrected chi connectivity index (χ4v) is 7.42. The number of fused-ring (bicyclic) bond motifs is 3. The van der Waals surface area contributed by atoms with Crippen molar-refractivity contribution in [3.8, 4) is 17.6 Å². The second kappa shape index (κ2) is 12.8. The van der Waals surface area contributed by atoms with Crippen LogP contribution in [-0.2, 0) is 21.1 Å². The maximum absolute atomic E-state index is 13.7. The number of morpholine rings is 1. The van der Waals surface area contributed by atoms with E-state index in [0.717, 1.165) is 50.7 Å². The molecule has 0 amide bonds. The number of anilines is 2. The SMILES string of the molecule is CCOc1cc(S(C)(=O)=O)ccc1NCC#Cc1cc2c(NC3CCC(N4CC5C[C@@H](C4)O5)CC3)cccc2n1CC(F)(F)F. The molecule has 4 heterocycles. The van der Waals surface area contributed by atoms with Crippen molar-refractivity contribution in [2.45, 2.75) is 80.9 Å². The number of piperidine rings is 1. The number of halogens is 3. The van der Waals surface area contributed by atoms with Crippen molar-refractivity contribution >= 4 is 32.1 Å². The van der Waals surface area contributed by atoms with Crippen molar-refractivity contribution in [3.63, 3.8) is 0 Å². The summed E-state index contributed by atoms with van der Waals surface area (Å²) in [5, 5.41) is 7.45. The van der Waals surface area contributed by atoms with E-state index in [9.17, 15) is 21.6 Å². The van der Waals surface area contributed by atoms with Gasteiger partial charge >= 0.3 is 6.18 Å². The molecule has 2 bridgehead atoms. The Kier molecular flexibility index (Phi) is 8.96. The van der Waals surface area contributed by atoms with Gasteiger partial charge in [-0.15, -0.1) is 0 Å². The fourth-order valence-electron chi connectivity index (χ4n) is 6.78. The van der Waals surface area contributed by atoms with E-state index in [1.54, 1.807) is 31.2 Å². The summed E-state index contributed by atoms with van der Waals surface area (Å²) >= 11 is 0. The van der Waals surface area contributed by atoms with Crippen molar-refractivity contribution in [2.75, 3.05) is 43.1 Å². The predicted octanol–water partition coefficient (Wildman–Crippen LogP) is 5.67. The first-order valence-corrected chi connectivity index (χ1v) is 17.4. The van der Waals surface area contributed by atoms with Gasteiger partial charge in [0.25, 0.3) is 0 Å². The Bertz CT molecular complexity index is 1690. The Morgan fingerprint density at radius 3 is 2.44 bits per heavy atom. The van der Waals surface area contributed by atoms with Crippen LogP contribution in [0.25, 0.3) is 10.9 Å². The van der Waals surface area contributed by atoms with Crippen molar-refractivity contribution in [3.05, 3.63) is 48.2 Å². The minimum atomic E-state index is -4.42. The van der Waals surface area contributed by atoms with Crippen LogP contribution >= 0.6 is 0 Å². The highest BCUT2D eigenvalue weighted by Gasteiger charge is 2.41. The van der Waals surface area contributed by atoms with Gasteiger partial charge in [-0.05, 0) is 68.9 Å². The lowest BCUT2D eigenvalue weighted by Crippen LogP contribution is -2.60. The molecule has 3 aromatic rings. The highest BCUT2D eigenvalue weighted by Crippen LogP contribution is 2.35. The lowest BCUT2D eigenvalue weighted by Gasteiger charge is -2.50. The third-order valence-electron chi connectivity index (χ3n) is 8.91. The zero-order valence-corrected chi connectivity index (χ0v) is 26.3. The first-order valence-electron chi connectivity index (χ1n) is 15.5. The van der Waals surface area contributed by atoms with Crippen LogP contribution in [0.15, 0.2) is 47.4 Å². The first-order chi connectivity index (χ1) is 21.5. The zero-order valence-electron chi connectivity index (χ0n) is 25.5. The van der Waals surface area contributed by atoms with Crippen LogP contribution in [0.1, 0.15) is 44.7 Å². The average molecular weight is 645 g/mol. The van der Waals surface area contributed by atoms with Gasteiger partial charge in [0.2, 0.25) is 0 Å². The number of hydrogen-bond acceptors (Lipinski definition) is 7. The molecule has 1 aliphatic carbocycles. The summed E-state index contributed by atoms with van der Waals surface area (Å²) in [5.41, 5.74) is 2.11. The molecular weight excluding hydrogens is 605 g/mol. The number of rotatable bonds is 9. The molecule has 7 rings (SSSR count). The quantitative estimate of drug-likeness (QED) is 0.291. The van der Waals surface area contributed by atoms with Crippen LogP contribution in [0, 0.1) is 11.8 Å². The molecule has 2 atom stereocenters. The summed E-state index contributed by atoms with van der Waals surface area (Å²) in [6.07, 6.45) is 2.87. The van der Waals surface area contributed by atoms with Crippen molar-refractivity contribution in [1.29, 1.82) is 0 Å². The molecule has 3 aliphatic heterocycles. The number of aromatic nitrogens is 1. The third-order valence-corrected chi connectivity index (χ3v) is 10.0. The molecule has 242 valence electrons. The number of hydrogen-bond donors (Lipinski definition) is 2. The predicted molar refractivity (Wildman–Crippen MR) is 169 cm³/mol. The van der Waals surface area contributed by atoms with E-state index in [1.807, 2.05) is 6.07 Å². The van der Waals surface area contributed by atoms with Crippen LogP contribution in [0.4, 0.5) is 24.5 Å². The summed E-state index contributed by atoms with van der Waals surface area (Å²) in [5.74, 6) is 6.23. The normalized spacial score (nSPS) is 23.6. The van der Waals surface area contributed by atoms with E-state index in [0.29, 0.717) is 47.2 Å². The van der Waals surface area contributed by atoms with Crippen LogP contribution in [0.2, 0.25) is 0 Å². The van der Waals surface area contributed by atoms with Crippen molar-refractivity contribution in [2.24, 2.45) is 0 Å². The molecule has 1 aromatic heterocycles. The number of nitrogens with one attached hydrogen (secondary N) is 2.